The number of aryl methyl sites for hydroxylation is 1. The van der Waals surface area contributed by atoms with Crippen molar-refractivity contribution in [1.82, 2.24) is 4.31 Å². The summed E-state index contributed by atoms with van der Waals surface area (Å²) in [5, 5.41) is 0. The highest BCUT2D eigenvalue weighted by Crippen LogP contribution is 2.26. The molecule has 1 heterocycles. The molecule has 3 nitrogen and oxygen atoms in total. The molecule has 0 amide bonds. The standard InChI is InChI=1S/C17H21NO2S/c1-13(2)17-10-12-18(11-9-15(17)4)21(19,20)16-7-5-14(3)6-8-16/h5-9,11H,4,10,12H2,1-3H3. The van der Waals surface area contributed by atoms with E-state index >= 15 is 0 Å². The summed E-state index contributed by atoms with van der Waals surface area (Å²) in [6.07, 6.45) is 4.08. The topological polar surface area (TPSA) is 37.4 Å². The molecule has 0 unspecified atom stereocenters. The molecule has 0 spiro atoms. The number of sulfonamides is 1. The number of hydrogen-bond donors (Lipinski definition) is 0. The van der Waals surface area contributed by atoms with Crippen LogP contribution in [-0.4, -0.2) is 19.3 Å². The highest BCUT2D eigenvalue weighted by molar-refractivity contribution is 7.89. The second-order valence-corrected chi connectivity index (χ2v) is 7.39. The lowest BCUT2D eigenvalue weighted by atomic mass is 10.0. The van der Waals surface area contributed by atoms with Gasteiger partial charge in [0.15, 0.2) is 0 Å². The van der Waals surface area contributed by atoms with Crippen molar-refractivity contribution in [1.29, 1.82) is 0 Å². The summed E-state index contributed by atoms with van der Waals surface area (Å²) in [6.45, 7) is 10.4. The Kier molecular flexibility index (Phi) is 4.37. The van der Waals surface area contributed by atoms with Crippen LogP contribution in [0.5, 0.6) is 0 Å². The number of hydrogen-bond acceptors (Lipinski definition) is 2. The summed E-state index contributed by atoms with van der Waals surface area (Å²) in [5.41, 5.74) is 4.24. The molecule has 0 radical (unpaired) electrons. The molecule has 112 valence electrons. The van der Waals surface area contributed by atoms with Gasteiger partial charge in [-0.05, 0) is 56.5 Å². The third-order valence-corrected chi connectivity index (χ3v) is 5.43. The van der Waals surface area contributed by atoms with Gasteiger partial charge >= 0.3 is 0 Å². The summed E-state index contributed by atoms with van der Waals surface area (Å²) >= 11 is 0. The maximum atomic E-state index is 12.7. The van der Waals surface area contributed by atoms with Gasteiger partial charge in [0.2, 0.25) is 0 Å². The van der Waals surface area contributed by atoms with Crippen LogP contribution in [0.4, 0.5) is 0 Å². The fourth-order valence-electron chi connectivity index (χ4n) is 2.35. The van der Waals surface area contributed by atoms with E-state index < -0.39 is 10.0 Å². The summed E-state index contributed by atoms with van der Waals surface area (Å²) < 4.78 is 26.7. The fourth-order valence-corrected chi connectivity index (χ4v) is 3.65. The van der Waals surface area contributed by atoms with Crippen molar-refractivity contribution in [3.8, 4) is 0 Å². The van der Waals surface area contributed by atoms with Gasteiger partial charge in [0, 0.05) is 12.7 Å². The summed E-state index contributed by atoms with van der Waals surface area (Å²) in [6, 6.07) is 6.93. The third kappa shape index (κ3) is 3.27. The predicted molar refractivity (Wildman–Crippen MR) is 86.3 cm³/mol. The lowest BCUT2D eigenvalue weighted by Crippen LogP contribution is -2.26. The Hall–Kier alpha value is -1.81. The maximum absolute atomic E-state index is 12.7. The number of allylic oxidation sites excluding steroid dienone is 3. The molecule has 1 aromatic carbocycles. The van der Waals surface area contributed by atoms with Crippen molar-refractivity contribution in [3.63, 3.8) is 0 Å². The van der Waals surface area contributed by atoms with E-state index in [4.69, 9.17) is 0 Å². The van der Waals surface area contributed by atoms with Gasteiger partial charge in [-0.2, -0.15) is 0 Å². The smallest absolute Gasteiger partial charge is 0.263 e. The van der Waals surface area contributed by atoms with Gasteiger partial charge in [-0.25, -0.2) is 8.42 Å². The van der Waals surface area contributed by atoms with Crippen LogP contribution in [0.2, 0.25) is 0 Å². The molecule has 0 N–H and O–H groups in total. The molecule has 1 aromatic rings. The van der Waals surface area contributed by atoms with Crippen LogP contribution in [0.1, 0.15) is 25.8 Å². The Morgan fingerprint density at radius 2 is 1.81 bits per heavy atom. The van der Waals surface area contributed by atoms with Crippen molar-refractivity contribution in [2.24, 2.45) is 0 Å². The Morgan fingerprint density at radius 1 is 1.19 bits per heavy atom. The number of rotatable bonds is 2. The van der Waals surface area contributed by atoms with E-state index in [2.05, 4.69) is 6.58 Å². The molecule has 2 rings (SSSR count). The molecule has 0 aromatic heterocycles. The second kappa shape index (κ2) is 5.90. The Labute approximate surface area is 127 Å². The van der Waals surface area contributed by atoms with Crippen LogP contribution < -0.4 is 0 Å². The number of nitrogens with zero attached hydrogens (tertiary/aromatic N) is 1. The lowest BCUT2D eigenvalue weighted by molar-refractivity contribution is 0.502. The highest BCUT2D eigenvalue weighted by Gasteiger charge is 2.23. The van der Waals surface area contributed by atoms with Crippen molar-refractivity contribution in [2.45, 2.75) is 32.1 Å². The molecule has 0 saturated carbocycles. The zero-order valence-corrected chi connectivity index (χ0v) is 13.6. The van der Waals surface area contributed by atoms with Crippen LogP contribution in [0, 0.1) is 6.92 Å². The maximum Gasteiger partial charge on any atom is 0.263 e. The van der Waals surface area contributed by atoms with Gasteiger partial charge in [-0.3, -0.25) is 4.31 Å². The molecule has 21 heavy (non-hydrogen) atoms. The van der Waals surface area contributed by atoms with Gasteiger partial charge in [-0.1, -0.05) is 29.8 Å². The van der Waals surface area contributed by atoms with E-state index in [9.17, 15) is 8.42 Å². The minimum Gasteiger partial charge on any atom is -0.273 e. The Balaban J connectivity index is 2.34. The highest BCUT2D eigenvalue weighted by atomic mass is 32.2. The normalized spacial score (nSPS) is 16.0. The van der Waals surface area contributed by atoms with Crippen LogP contribution in [0.3, 0.4) is 0 Å². The first kappa shape index (κ1) is 15.6. The first-order valence-corrected chi connectivity index (χ1v) is 8.39. The minimum absolute atomic E-state index is 0.323. The first-order chi connectivity index (χ1) is 9.82. The van der Waals surface area contributed by atoms with Gasteiger partial charge in [0.25, 0.3) is 10.0 Å². The molecule has 0 aliphatic carbocycles. The zero-order valence-electron chi connectivity index (χ0n) is 12.8. The Morgan fingerprint density at radius 3 is 2.38 bits per heavy atom. The van der Waals surface area contributed by atoms with Crippen molar-refractivity contribution < 1.29 is 8.42 Å². The number of benzene rings is 1. The predicted octanol–water partition coefficient (Wildman–Crippen LogP) is 3.80. The van der Waals surface area contributed by atoms with Crippen LogP contribution >= 0.6 is 0 Å². The molecule has 1 aliphatic rings. The molecule has 4 heteroatoms. The molecular formula is C17H21NO2S. The van der Waals surface area contributed by atoms with Crippen LogP contribution in [0.15, 0.2) is 64.7 Å². The summed E-state index contributed by atoms with van der Waals surface area (Å²) in [7, 11) is -3.49. The van der Waals surface area contributed by atoms with Crippen LogP contribution in [-0.2, 0) is 10.0 Å². The largest absolute Gasteiger partial charge is 0.273 e. The second-order valence-electron chi connectivity index (χ2n) is 5.50. The van der Waals surface area contributed by atoms with E-state index in [1.54, 1.807) is 24.4 Å². The van der Waals surface area contributed by atoms with Gasteiger partial charge in [0.05, 0.1) is 4.90 Å². The first-order valence-electron chi connectivity index (χ1n) is 6.94. The molecular weight excluding hydrogens is 282 g/mol. The van der Waals surface area contributed by atoms with Gasteiger partial charge in [0.1, 0.15) is 0 Å². The van der Waals surface area contributed by atoms with E-state index in [1.165, 1.54) is 9.88 Å². The lowest BCUT2D eigenvalue weighted by Gasteiger charge is -2.19. The zero-order chi connectivity index (χ0) is 15.6. The van der Waals surface area contributed by atoms with Crippen molar-refractivity contribution in [2.75, 3.05) is 6.54 Å². The van der Waals surface area contributed by atoms with E-state index in [1.807, 2.05) is 32.9 Å². The van der Waals surface area contributed by atoms with Crippen molar-refractivity contribution in [3.05, 3.63) is 65.4 Å². The van der Waals surface area contributed by atoms with E-state index in [0.29, 0.717) is 17.9 Å². The van der Waals surface area contributed by atoms with Crippen LogP contribution in [0.25, 0.3) is 0 Å². The Bertz CT molecular complexity index is 706. The average Bonchev–Trinajstić information content (AvgIpc) is 2.61. The minimum atomic E-state index is -3.49. The summed E-state index contributed by atoms with van der Waals surface area (Å²) in [5.74, 6) is 0. The van der Waals surface area contributed by atoms with Gasteiger partial charge in [-0.15, -0.1) is 0 Å². The van der Waals surface area contributed by atoms with Crippen molar-refractivity contribution >= 4 is 10.0 Å². The average molecular weight is 303 g/mol. The fraction of sp³-hybridized carbons (Fsp3) is 0.294. The molecule has 0 fully saturated rings. The SMILES string of the molecule is C=C1C=CN(S(=O)(=O)c2ccc(C)cc2)CCC1=C(C)C. The van der Waals surface area contributed by atoms with E-state index in [-0.39, 0.29) is 0 Å². The molecule has 0 atom stereocenters. The monoisotopic (exact) mass is 303 g/mol. The molecule has 0 saturated heterocycles. The van der Waals surface area contributed by atoms with Gasteiger partial charge < -0.3 is 0 Å². The van der Waals surface area contributed by atoms with E-state index in [0.717, 1.165) is 16.7 Å². The third-order valence-electron chi connectivity index (χ3n) is 3.64. The summed E-state index contributed by atoms with van der Waals surface area (Å²) in [4.78, 5) is 0.323. The quantitative estimate of drug-likeness (QED) is 0.833. The molecule has 1 aliphatic heterocycles. The molecule has 0 bridgehead atoms.